The van der Waals surface area contributed by atoms with Gasteiger partial charge < -0.3 is 4.98 Å². The molecular weight excluding hydrogens is 322 g/mol. The van der Waals surface area contributed by atoms with Gasteiger partial charge in [0.1, 0.15) is 10.0 Å². The molecule has 1 amide bonds. The number of hydrogen-bond acceptors (Lipinski definition) is 7. The molecule has 0 atom stereocenters. The largest absolute Gasteiger partial charge is 0.346 e. The molecule has 0 saturated heterocycles. The van der Waals surface area contributed by atoms with Crippen LogP contribution in [0.4, 0.5) is 5.13 Å². The highest BCUT2D eigenvalue weighted by atomic mass is 32.2. The van der Waals surface area contributed by atoms with E-state index in [1.165, 1.54) is 23.1 Å². The Morgan fingerprint density at radius 3 is 3.05 bits per heavy atom. The van der Waals surface area contributed by atoms with E-state index in [4.69, 9.17) is 0 Å². The quantitative estimate of drug-likeness (QED) is 0.632. The number of hydrogen-bond donors (Lipinski definition) is 2. The molecule has 0 aromatic carbocycles. The molecule has 0 saturated carbocycles. The molecule has 9 heteroatoms. The van der Waals surface area contributed by atoms with Gasteiger partial charge in [0.25, 0.3) is 0 Å². The molecule has 0 bridgehead atoms. The number of amides is 1. The van der Waals surface area contributed by atoms with E-state index in [1.807, 2.05) is 6.92 Å². The predicted molar refractivity (Wildman–Crippen MR) is 85.5 cm³/mol. The summed E-state index contributed by atoms with van der Waals surface area (Å²) >= 11 is 2.66. The Kier molecular flexibility index (Phi) is 4.53. The van der Waals surface area contributed by atoms with E-state index >= 15 is 0 Å². The second-order valence-corrected chi connectivity index (χ2v) is 6.88. The van der Waals surface area contributed by atoms with Crippen LogP contribution in [0.2, 0.25) is 0 Å². The first-order valence-electron chi connectivity index (χ1n) is 7.03. The van der Waals surface area contributed by atoms with Crippen molar-refractivity contribution in [3.05, 3.63) is 26.7 Å². The third kappa shape index (κ3) is 3.36. The Morgan fingerprint density at radius 2 is 2.27 bits per heavy atom. The molecule has 7 nitrogen and oxygen atoms in total. The molecule has 1 aliphatic rings. The molecule has 22 heavy (non-hydrogen) atoms. The number of aryl methyl sites for hydroxylation is 2. The lowest BCUT2D eigenvalue weighted by Crippen LogP contribution is -2.17. The van der Waals surface area contributed by atoms with E-state index in [-0.39, 0.29) is 17.3 Å². The second kappa shape index (κ2) is 6.57. The Bertz CT molecular complexity index is 755. The van der Waals surface area contributed by atoms with E-state index in [0.29, 0.717) is 10.2 Å². The predicted octanol–water partition coefficient (Wildman–Crippen LogP) is 1.40. The molecule has 0 aliphatic heterocycles. The van der Waals surface area contributed by atoms with Gasteiger partial charge in [-0.25, -0.2) is 4.79 Å². The number of fused-ring (bicyclic) bond motifs is 1. The fraction of sp³-hybridized carbons (Fsp3) is 0.462. The van der Waals surface area contributed by atoms with Crippen LogP contribution in [-0.2, 0) is 24.1 Å². The summed E-state index contributed by atoms with van der Waals surface area (Å²) in [5.41, 5.74) is 1.68. The molecule has 3 rings (SSSR count). The Morgan fingerprint density at radius 1 is 1.41 bits per heavy atom. The molecule has 2 heterocycles. The zero-order chi connectivity index (χ0) is 15.5. The van der Waals surface area contributed by atoms with Gasteiger partial charge in [0.15, 0.2) is 0 Å². The van der Waals surface area contributed by atoms with Crippen molar-refractivity contribution >= 4 is 34.1 Å². The van der Waals surface area contributed by atoms with Gasteiger partial charge in [0.2, 0.25) is 11.0 Å². The zero-order valence-electron chi connectivity index (χ0n) is 12.0. The minimum absolute atomic E-state index is 0.169. The Balaban J connectivity index is 1.63. The van der Waals surface area contributed by atoms with Crippen LogP contribution in [0, 0.1) is 0 Å². The smallest absolute Gasteiger partial charge is 0.309 e. The Hall–Kier alpha value is -1.74. The van der Waals surface area contributed by atoms with E-state index in [2.05, 4.69) is 25.5 Å². The average molecular weight is 337 g/mol. The number of aromatic amines is 1. The third-order valence-corrected chi connectivity index (χ3v) is 5.29. The number of nitrogens with zero attached hydrogens (tertiary/aromatic N) is 3. The minimum atomic E-state index is -0.347. The first kappa shape index (κ1) is 15.2. The normalized spacial score (nSPS) is 13.1. The summed E-state index contributed by atoms with van der Waals surface area (Å²) in [7, 11) is 0. The lowest BCUT2D eigenvalue weighted by molar-refractivity contribution is -0.113. The molecule has 2 N–H and O–H groups in total. The van der Waals surface area contributed by atoms with E-state index in [1.54, 1.807) is 0 Å². The van der Waals surface area contributed by atoms with Crippen molar-refractivity contribution in [2.24, 2.45) is 0 Å². The van der Waals surface area contributed by atoms with Crippen LogP contribution in [0.15, 0.2) is 9.82 Å². The van der Waals surface area contributed by atoms with Crippen LogP contribution in [0.3, 0.4) is 0 Å². The van der Waals surface area contributed by atoms with Crippen molar-refractivity contribution in [2.75, 3.05) is 11.1 Å². The first-order valence-corrected chi connectivity index (χ1v) is 8.83. The van der Waals surface area contributed by atoms with Crippen molar-refractivity contribution in [1.82, 2.24) is 20.2 Å². The van der Waals surface area contributed by atoms with Crippen LogP contribution < -0.4 is 11.0 Å². The SMILES string of the molecule is CCc1nnc(NC(=O)CSc2nc(=O)[nH]c3c2CCC3)s1. The summed E-state index contributed by atoms with van der Waals surface area (Å²) in [5.74, 6) is 0.0295. The maximum absolute atomic E-state index is 12.0. The molecule has 2 aromatic rings. The fourth-order valence-electron chi connectivity index (χ4n) is 2.29. The highest BCUT2D eigenvalue weighted by Gasteiger charge is 2.19. The molecular formula is C13H15N5O2S2. The lowest BCUT2D eigenvalue weighted by Gasteiger charge is -2.05. The van der Waals surface area contributed by atoms with Crippen LogP contribution in [0.5, 0.6) is 0 Å². The van der Waals surface area contributed by atoms with E-state index in [0.717, 1.165) is 41.9 Å². The highest BCUT2D eigenvalue weighted by molar-refractivity contribution is 8.00. The summed E-state index contributed by atoms with van der Waals surface area (Å²) in [4.78, 5) is 30.2. The minimum Gasteiger partial charge on any atom is -0.309 e. The van der Waals surface area contributed by atoms with Gasteiger partial charge in [0.05, 0.1) is 5.75 Å². The standard InChI is InChI=1S/C13H15N5O2S2/c1-2-10-17-18-13(22-10)15-9(19)6-21-11-7-4-3-5-8(7)14-12(20)16-11/h2-6H2,1H3,(H,14,16,20)(H,15,18,19). The van der Waals surface area contributed by atoms with Gasteiger partial charge in [-0.05, 0) is 25.7 Å². The number of H-pyrrole nitrogens is 1. The van der Waals surface area contributed by atoms with Gasteiger partial charge in [0, 0.05) is 11.3 Å². The summed E-state index contributed by atoms with van der Waals surface area (Å²) in [6.45, 7) is 1.99. The van der Waals surface area contributed by atoms with Crippen molar-refractivity contribution in [2.45, 2.75) is 37.6 Å². The number of nitrogens with one attached hydrogen (secondary N) is 2. The molecule has 1 aliphatic carbocycles. The van der Waals surface area contributed by atoms with Crippen LogP contribution in [0.1, 0.15) is 29.6 Å². The summed E-state index contributed by atoms with van der Waals surface area (Å²) in [5, 5.41) is 12.6. The summed E-state index contributed by atoms with van der Waals surface area (Å²) in [6.07, 6.45) is 3.59. The van der Waals surface area contributed by atoms with Gasteiger partial charge >= 0.3 is 5.69 Å². The molecule has 0 radical (unpaired) electrons. The molecule has 0 spiro atoms. The summed E-state index contributed by atoms with van der Waals surface area (Å²) < 4.78 is 0. The zero-order valence-corrected chi connectivity index (χ0v) is 13.6. The number of carbonyl (C=O) groups excluding carboxylic acids is 1. The number of rotatable bonds is 5. The van der Waals surface area contributed by atoms with Gasteiger partial charge in [-0.3, -0.25) is 10.1 Å². The van der Waals surface area contributed by atoms with Gasteiger partial charge in [-0.15, -0.1) is 10.2 Å². The fourth-order valence-corrected chi connectivity index (χ4v) is 3.87. The number of thioether (sulfide) groups is 1. The number of aromatic nitrogens is 4. The highest BCUT2D eigenvalue weighted by Crippen LogP contribution is 2.27. The number of anilines is 1. The van der Waals surface area contributed by atoms with Crippen molar-refractivity contribution in [3.8, 4) is 0 Å². The maximum atomic E-state index is 12.0. The average Bonchev–Trinajstić information content (AvgIpc) is 3.13. The monoisotopic (exact) mass is 337 g/mol. The topological polar surface area (TPSA) is 101 Å². The lowest BCUT2D eigenvalue weighted by atomic mass is 10.3. The molecule has 0 fully saturated rings. The van der Waals surface area contributed by atoms with E-state index < -0.39 is 0 Å². The third-order valence-electron chi connectivity index (χ3n) is 3.29. The van der Waals surface area contributed by atoms with Crippen molar-refractivity contribution in [1.29, 1.82) is 0 Å². The van der Waals surface area contributed by atoms with Gasteiger partial charge in [-0.2, -0.15) is 4.98 Å². The maximum Gasteiger partial charge on any atom is 0.346 e. The van der Waals surface area contributed by atoms with Crippen LogP contribution in [0.25, 0.3) is 0 Å². The van der Waals surface area contributed by atoms with Crippen LogP contribution in [-0.4, -0.2) is 31.8 Å². The Labute approximate surface area is 135 Å². The van der Waals surface area contributed by atoms with E-state index in [9.17, 15) is 9.59 Å². The number of carbonyl (C=O) groups is 1. The summed E-state index contributed by atoms with van der Waals surface area (Å²) in [6, 6.07) is 0. The molecule has 0 unspecified atom stereocenters. The molecule has 2 aromatic heterocycles. The second-order valence-electron chi connectivity index (χ2n) is 4.85. The first-order chi connectivity index (χ1) is 10.7. The van der Waals surface area contributed by atoms with Gasteiger partial charge in [-0.1, -0.05) is 30.0 Å². The van der Waals surface area contributed by atoms with Crippen LogP contribution >= 0.6 is 23.1 Å². The van der Waals surface area contributed by atoms with Crippen molar-refractivity contribution < 1.29 is 4.79 Å². The van der Waals surface area contributed by atoms with Crippen molar-refractivity contribution in [3.63, 3.8) is 0 Å². The molecule has 116 valence electrons.